The molecule has 0 saturated carbocycles. The third-order valence-corrected chi connectivity index (χ3v) is 2.37. The summed E-state index contributed by atoms with van der Waals surface area (Å²) in [5.74, 6) is -0.513. The number of amides is 1. The molecule has 1 rings (SSSR count). The summed E-state index contributed by atoms with van der Waals surface area (Å²) in [6.07, 6.45) is -4.33. The molecule has 1 heterocycles. The zero-order valence-electron chi connectivity index (χ0n) is 8.14. The molecule has 0 bridgehead atoms. The van der Waals surface area contributed by atoms with E-state index in [4.69, 9.17) is 0 Å². The number of hydrogen-bond donors (Lipinski definition) is 0. The van der Waals surface area contributed by atoms with Gasteiger partial charge in [0, 0.05) is 26.6 Å². The largest absolute Gasteiger partial charge is 0.410 e. The molecule has 3 nitrogen and oxygen atoms in total. The summed E-state index contributed by atoms with van der Waals surface area (Å²) in [6, 6.07) is -1.65. The summed E-state index contributed by atoms with van der Waals surface area (Å²) < 4.78 is 37.5. The lowest BCUT2D eigenvalue weighted by Crippen LogP contribution is -2.59. The maximum absolute atomic E-state index is 12.5. The van der Waals surface area contributed by atoms with E-state index < -0.39 is 18.1 Å². The Balaban J connectivity index is 2.79. The molecule has 1 saturated heterocycles. The van der Waals surface area contributed by atoms with Crippen molar-refractivity contribution >= 4 is 5.91 Å². The van der Waals surface area contributed by atoms with Crippen LogP contribution in [-0.4, -0.2) is 54.6 Å². The quantitative estimate of drug-likeness (QED) is 0.588. The van der Waals surface area contributed by atoms with Crippen LogP contribution in [0.25, 0.3) is 0 Å². The first-order chi connectivity index (χ1) is 6.32. The molecule has 6 heteroatoms. The van der Waals surface area contributed by atoms with Crippen LogP contribution in [-0.2, 0) is 4.79 Å². The Hall–Kier alpha value is -0.780. The SMILES string of the molecule is CC(=O)N1CCN(C)C[C@H]1C(F)(F)F. The molecule has 0 spiro atoms. The second-order valence-corrected chi connectivity index (χ2v) is 3.53. The number of halogens is 3. The van der Waals surface area contributed by atoms with Gasteiger partial charge in [0.1, 0.15) is 6.04 Å². The maximum Gasteiger partial charge on any atom is 0.410 e. The van der Waals surface area contributed by atoms with Gasteiger partial charge in [0.15, 0.2) is 0 Å². The lowest BCUT2D eigenvalue weighted by atomic mass is 10.1. The second-order valence-electron chi connectivity index (χ2n) is 3.53. The monoisotopic (exact) mass is 210 g/mol. The lowest BCUT2D eigenvalue weighted by molar-refractivity contribution is -0.199. The first kappa shape index (κ1) is 11.3. The Morgan fingerprint density at radius 3 is 2.36 bits per heavy atom. The summed E-state index contributed by atoms with van der Waals surface area (Å²) in [6.45, 7) is 1.68. The van der Waals surface area contributed by atoms with Gasteiger partial charge in [-0.1, -0.05) is 0 Å². The fraction of sp³-hybridized carbons (Fsp3) is 0.875. The fourth-order valence-electron chi connectivity index (χ4n) is 1.58. The molecule has 0 aromatic heterocycles. The van der Waals surface area contributed by atoms with E-state index >= 15 is 0 Å². The van der Waals surface area contributed by atoms with Crippen LogP contribution in [0.3, 0.4) is 0 Å². The van der Waals surface area contributed by atoms with Crippen molar-refractivity contribution in [2.75, 3.05) is 26.7 Å². The molecule has 82 valence electrons. The number of hydrogen-bond acceptors (Lipinski definition) is 2. The fourth-order valence-corrected chi connectivity index (χ4v) is 1.58. The van der Waals surface area contributed by atoms with Crippen LogP contribution in [0, 0.1) is 0 Å². The van der Waals surface area contributed by atoms with Crippen LogP contribution in [0.4, 0.5) is 13.2 Å². The van der Waals surface area contributed by atoms with Crippen molar-refractivity contribution in [3.8, 4) is 0 Å². The molecule has 1 atom stereocenters. The highest BCUT2D eigenvalue weighted by Crippen LogP contribution is 2.27. The molecular formula is C8H13F3N2O. The Morgan fingerprint density at radius 2 is 1.93 bits per heavy atom. The van der Waals surface area contributed by atoms with Crippen LogP contribution >= 0.6 is 0 Å². The summed E-state index contributed by atoms with van der Waals surface area (Å²) >= 11 is 0. The highest BCUT2D eigenvalue weighted by Gasteiger charge is 2.46. The van der Waals surface area contributed by atoms with Crippen molar-refractivity contribution < 1.29 is 18.0 Å². The summed E-state index contributed by atoms with van der Waals surface area (Å²) in [4.78, 5) is 13.4. The van der Waals surface area contributed by atoms with E-state index in [2.05, 4.69) is 0 Å². The van der Waals surface area contributed by atoms with Crippen molar-refractivity contribution in [1.82, 2.24) is 9.80 Å². The third kappa shape index (κ3) is 2.37. The van der Waals surface area contributed by atoms with Crippen LogP contribution in [0.5, 0.6) is 0 Å². The predicted molar refractivity (Wildman–Crippen MR) is 44.7 cm³/mol. The number of rotatable bonds is 0. The van der Waals surface area contributed by atoms with E-state index in [0.29, 0.717) is 6.54 Å². The van der Waals surface area contributed by atoms with E-state index in [1.54, 1.807) is 11.9 Å². The van der Waals surface area contributed by atoms with E-state index in [-0.39, 0.29) is 13.1 Å². The van der Waals surface area contributed by atoms with Crippen molar-refractivity contribution in [2.45, 2.75) is 19.1 Å². The van der Waals surface area contributed by atoms with E-state index in [1.165, 1.54) is 6.92 Å². The lowest BCUT2D eigenvalue weighted by Gasteiger charge is -2.40. The van der Waals surface area contributed by atoms with Gasteiger partial charge in [-0.05, 0) is 7.05 Å². The number of likely N-dealkylation sites (N-methyl/N-ethyl adjacent to an activating group) is 1. The molecule has 1 aliphatic heterocycles. The van der Waals surface area contributed by atoms with E-state index in [1.807, 2.05) is 0 Å². The van der Waals surface area contributed by atoms with Crippen molar-refractivity contribution in [3.63, 3.8) is 0 Å². The van der Waals surface area contributed by atoms with Gasteiger partial charge in [0.05, 0.1) is 0 Å². The molecule has 0 aliphatic carbocycles. The zero-order valence-corrected chi connectivity index (χ0v) is 8.14. The smallest absolute Gasteiger partial charge is 0.328 e. The van der Waals surface area contributed by atoms with Crippen LogP contribution in [0.15, 0.2) is 0 Å². The van der Waals surface area contributed by atoms with Gasteiger partial charge in [-0.3, -0.25) is 4.79 Å². The second kappa shape index (κ2) is 3.76. The molecule has 1 amide bonds. The molecule has 0 N–H and O–H groups in total. The van der Waals surface area contributed by atoms with Crippen molar-refractivity contribution in [1.29, 1.82) is 0 Å². The van der Waals surface area contributed by atoms with Crippen LogP contribution < -0.4 is 0 Å². The summed E-state index contributed by atoms with van der Waals surface area (Å²) in [7, 11) is 1.62. The Kier molecular flexibility index (Phi) is 3.04. The molecule has 0 radical (unpaired) electrons. The number of carbonyl (C=O) groups excluding carboxylic acids is 1. The molecule has 14 heavy (non-hydrogen) atoms. The van der Waals surface area contributed by atoms with Crippen molar-refractivity contribution in [3.05, 3.63) is 0 Å². The van der Waals surface area contributed by atoms with E-state index in [9.17, 15) is 18.0 Å². The Morgan fingerprint density at radius 1 is 1.36 bits per heavy atom. The number of nitrogens with zero attached hydrogens (tertiary/aromatic N) is 2. The number of alkyl halides is 3. The molecule has 0 aromatic rings. The topological polar surface area (TPSA) is 23.6 Å². The minimum atomic E-state index is -4.33. The summed E-state index contributed by atoms with van der Waals surface area (Å²) in [5.41, 5.74) is 0. The summed E-state index contributed by atoms with van der Waals surface area (Å²) in [5, 5.41) is 0. The van der Waals surface area contributed by atoms with Gasteiger partial charge >= 0.3 is 6.18 Å². The third-order valence-electron chi connectivity index (χ3n) is 2.37. The highest BCUT2D eigenvalue weighted by molar-refractivity contribution is 5.73. The minimum absolute atomic E-state index is 0.136. The highest BCUT2D eigenvalue weighted by atomic mass is 19.4. The minimum Gasteiger partial charge on any atom is -0.328 e. The van der Waals surface area contributed by atoms with E-state index in [0.717, 1.165) is 4.90 Å². The van der Waals surface area contributed by atoms with Crippen LogP contribution in [0.2, 0.25) is 0 Å². The predicted octanol–water partition coefficient (Wildman–Crippen LogP) is 0.711. The van der Waals surface area contributed by atoms with Crippen molar-refractivity contribution in [2.24, 2.45) is 0 Å². The van der Waals surface area contributed by atoms with Gasteiger partial charge in [-0.15, -0.1) is 0 Å². The number of piperazine rings is 1. The maximum atomic E-state index is 12.5. The Bertz CT molecular complexity index is 229. The van der Waals surface area contributed by atoms with Gasteiger partial charge in [0.25, 0.3) is 0 Å². The first-order valence-corrected chi connectivity index (χ1v) is 4.35. The molecule has 0 unspecified atom stereocenters. The standard InChI is InChI=1S/C8H13F3N2O/c1-6(14)13-4-3-12(2)5-7(13)8(9,10)11/h7H,3-5H2,1-2H3/t7-/m0/s1. The molecule has 0 aromatic carbocycles. The van der Waals surface area contributed by atoms with Gasteiger partial charge in [0.2, 0.25) is 5.91 Å². The van der Waals surface area contributed by atoms with Gasteiger partial charge in [-0.25, -0.2) is 0 Å². The average Bonchev–Trinajstić information content (AvgIpc) is 2.01. The normalized spacial score (nSPS) is 25.2. The van der Waals surface area contributed by atoms with Gasteiger partial charge < -0.3 is 9.80 Å². The average molecular weight is 210 g/mol. The molecule has 1 aliphatic rings. The van der Waals surface area contributed by atoms with Gasteiger partial charge in [-0.2, -0.15) is 13.2 Å². The van der Waals surface area contributed by atoms with Crippen LogP contribution in [0.1, 0.15) is 6.92 Å². The molecule has 1 fully saturated rings. The molecular weight excluding hydrogens is 197 g/mol. The zero-order chi connectivity index (χ0) is 10.9. The first-order valence-electron chi connectivity index (χ1n) is 4.35. The number of carbonyl (C=O) groups is 1. The Labute approximate surface area is 80.5 Å².